The van der Waals surface area contributed by atoms with Crippen molar-refractivity contribution >= 4 is 60.8 Å². The maximum absolute atomic E-state index is 14.3. The van der Waals surface area contributed by atoms with Gasteiger partial charge in [0, 0.05) is 51.6 Å². The number of aliphatic imine (C=N–C) groups is 1. The molecule has 5 rings (SSSR count). The second-order valence-corrected chi connectivity index (χ2v) is 15.0. The predicted octanol–water partition coefficient (Wildman–Crippen LogP) is 6.50. The summed E-state index contributed by atoms with van der Waals surface area (Å²) in [6, 6.07) is 27.6. The molecule has 48 heavy (non-hydrogen) atoms. The fourth-order valence-electron chi connectivity index (χ4n) is 5.21. The van der Waals surface area contributed by atoms with Gasteiger partial charge in [-0.05, 0) is 72.6 Å². The Bertz CT molecular complexity index is 1840. The molecule has 1 aliphatic heterocycles. The van der Waals surface area contributed by atoms with Crippen molar-refractivity contribution in [3.63, 3.8) is 0 Å². The molecule has 4 aromatic rings. The summed E-state index contributed by atoms with van der Waals surface area (Å²) in [7, 11) is -3.82. The third-order valence-corrected chi connectivity index (χ3v) is 10.6. The fraction of sp³-hybridized carbons (Fsp3) is 0.257. The van der Waals surface area contributed by atoms with Crippen LogP contribution in [0.25, 0.3) is 0 Å². The van der Waals surface area contributed by atoms with Gasteiger partial charge in [-0.2, -0.15) is 0 Å². The zero-order valence-electron chi connectivity index (χ0n) is 25.7. The van der Waals surface area contributed by atoms with Crippen LogP contribution in [-0.4, -0.2) is 56.4 Å². The number of nitrogens with one attached hydrogen (secondary N) is 2. The predicted molar refractivity (Wildman–Crippen MR) is 190 cm³/mol. The molecule has 0 fully saturated rings. The van der Waals surface area contributed by atoms with Gasteiger partial charge in [0.2, 0.25) is 5.90 Å². The van der Waals surface area contributed by atoms with Gasteiger partial charge in [-0.15, -0.1) is 0 Å². The Labute approximate surface area is 298 Å². The number of rotatable bonds is 15. The van der Waals surface area contributed by atoms with Crippen LogP contribution < -0.4 is 15.6 Å². The standard InChI is InChI=1S/C35H34BrCl2N3O6S/c36-26-11-7-24(8-12-26)17-19-39-41-34(43)35(18-22-48(44,45)29-5-2-1-3-6-29)32(30-16-13-27(37)23-31(30)38)47-33(40-35)25-9-14-28(15-10-25)46-21-4-20-42/h1-3,5-16,23,32,39,42H,4,17-22H2,(H,41,43)/t32-,35-/m0/s1. The monoisotopic (exact) mass is 773 g/mol. The number of aliphatic hydroxyl groups is 1. The highest BCUT2D eigenvalue weighted by atomic mass is 79.9. The summed E-state index contributed by atoms with van der Waals surface area (Å²) < 4.78 is 40.1. The maximum Gasteiger partial charge on any atom is 0.266 e. The number of ether oxygens (including phenoxy) is 2. The lowest BCUT2D eigenvalue weighted by molar-refractivity contribution is -0.130. The van der Waals surface area contributed by atoms with Gasteiger partial charge in [-0.1, -0.05) is 75.5 Å². The van der Waals surface area contributed by atoms with Crippen molar-refractivity contribution < 1.29 is 27.8 Å². The number of carbonyl (C=O) groups is 1. The molecule has 1 amide bonds. The zero-order valence-corrected chi connectivity index (χ0v) is 29.7. The van der Waals surface area contributed by atoms with Gasteiger partial charge in [0.15, 0.2) is 21.5 Å². The lowest BCUT2D eigenvalue weighted by atomic mass is 9.85. The van der Waals surface area contributed by atoms with Crippen molar-refractivity contribution in [3.05, 3.63) is 128 Å². The van der Waals surface area contributed by atoms with Crippen LogP contribution in [0.5, 0.6) is 5.75 Å². The average molecular weight is 776 g/mol. The summed E-state index contributed by atoms with van der Waals surface area (Å²) >= 11 is 16.3. The summed E-state index contributed by atoms with van der Waals surface area (Å²) in [6.45, 7) is 0.756. The van der Waals surface area contributed by atoms with Crippen LogP contribution >= 0.6 is 39.1 Å². The topological polar surface area (TPSA) is 126 Å². The molecule has 13 heteroatoms. The Kier molecular flexibility index (Phi) is 12.2. The molecular formula is C35H34BrCl2N3O6S. The maximum atomic E-state index is 14.3. The molecule has 252 valence electrons. The van der Waals surface area contributed by atoms with E-state index in [0.717, 1.165) is 10.0 Å². The van der Waals surface area contributed by atoms with E-state index < -0.39 is 33.1 Å². The lowest BCUT2D eigenvalue weighted by Gasteiger charge is -2.31. The van der Waals surface area contributed by atoms with Crippen LogP contribution in [0, 0.1) is 0 Å². The van der Waals surface area contributed by atoms with Gasteiger partial charge in [0.05, 0.1) is 17.3 Å². The number of halogens is 3. The Balaban J connectivity index is 1.50. The van der Waals surface area contributed by atoms with Gasteiger partial charge < -0.3 is 14.6 Å². The number of nitrogens with zero attached hydrogens (tertiary/aromatic N) is 1. The van der Waals surface area contributed by atoms with E-state index in [4.69, 9.17) is 42.8 Å². The minimum absolute atomic E-state index is 0.0145. The molecule has 0 bridgehead atoms. The Morgan fingerprint density at radius 3 is 2.42 bits per heavy atom. The Morgan fingerprint density at radius 1 is 1.00 bits per heavy atom. The first-order valence-electron chi connectivity index (χ1n) is 15.2. The molecule has 0 unspecified atom stereocenters. The van der Waals surface area contributed by atoms with Crippen molar-refractivity contribution in [1.82, 2.24) is 10.9 Å². The highest BCUT2D eigenvalue weighted by Gasteiger charge is 2.54. The van der Waals surface area contributed by atoms with Gasteiger partial charge in [-0.3, -0.25) is 10.2 Å². The first kappa shape index (κ1) is 35.8. The SMILES string of the molecule is O=C(NNCCc1ccc(Br)cc1)[C@@]1(CCS(=O)(=O)c2ccccc2)N=C(c2ccc(OCCCO)cc2)O[C@H]1c1ccc(Cl)cc1Cl. The van der Waals surface area contributed by atoms with E-state index in [0.29, 0.717) is 47.9 Å². The van der Waals surface area contributed by atoms with Crippen molar-refractivity contribution in [2.24, 2.45) is 4.99 Å². The number of hydrogen-bond acceptors (Lipinski definition) is 8. The quantitative estimate of drug-likeness (QED) is 0.0930. The second kappa shape index (κ2) is 16.3. The molecule has 1 heterocycles. The molecule has 1 aliphatic rings. The lowest BCUT2D eigenvalue weighted by Crippen LogP contribution is -2.53. The third-order valence-electron chi connectivity index (χ3n) is 7.78. The molecule has 3 N–H and O–H groups in total. The first-order valence-corrected chi connectivity index (χ1v) is 18.4. The molecule has 2 atom stereocenters. The summed E-state index contributed by atoms with van der Waals surface area (Å²) in [5, 5.41) is 9.69. The smallest absolute Gasteiger partial charge is 0.266 e. The van der Waals surface area contributed by atoms with Gasteiger partial charge >= 0.3 is 0 Å². The fourth-order valence-corrected chi connectivity index (χ4v) is 7.37. The van der Waals surface area contributed by atoms with Crippen LogP contribution in [-0.2, 0) is 25.8 Å². The van der Waals surface area contributed by atoms with Crippen LogP contribution in [0.15, 0.2) is 111 Å². The van der Waals surface area contributed by atoms with Crippen LogP contribution in [0.3, 0.4) is 0 Å². The molecule has 0 saturated carbocycles. The largest absolute Gasteiger partial charge is 0.494 e. The highest BCUT2D eigenvalue weighted by Crippen LogP contribution is 2.45. The van der Waals surface area contributed by atoms with E-state index in [1.807, 2.05) is 24.3 Å². The molecule has 0 saturated heterocycles. The minimum Gasteiger partial charge on any atom is -0.494 e. The van der Waals surface area contributed by atoms with Crippen molar-refractivity contribution in [2.75, 3.05) is 25.5 Å². The highest BCUT2D eigenvalue weighted by molar-refractivity contribution is 9.10. The second-order valence-electron chi connectivity index (χ2n) is 11.1. The van der Waals surface area contributed by atoms with E-state index in [2.05, 4.69) is 26.8 Å². The van der Waals surface area contributed by atoms with Crippen LogP contribution in [0.4, 0.5) is 0 Å². The van der Waals surface area contributed by atoms with Gasteiger partial charge in [0.1, 0.15) is 5.75 Å². The molecule has 0 spiro atoms. The molecular weight excluding hydrogens is 741 g/mol. The average Bonchev–Trinajstić information content (AvgIpc) is 3.48. The van der Waals surface area contributed by atoms with Gasteiger partial charge in [-0.25, -0.2) is 18.8 Å². The number of hydrogen-bond donors (Lipinski definition) is 3. The van der Waals surface area contributed by atoms with E-state index in [9.17, 15) is 13.2 Å². The third kappa shape index (κ3) is 8.76. The number of amides is 1. The Hall–Kier alpha value is -3.45. The molecule has 0 aromatic heterocycles. The van der Waals surface area contributed by atoms with E-state index in [-0.39, 0.29) is 28.8 Å². The van der Waals surface area contributed by atoms with Crippen molar-refractivity contribution in [1.29, 1.82) is 0 Å². The van der Waals surface area contributed by atoms with E-state index in [1.54, 1.807) is 54.6 Å². The first-order chi connectivity index (χ1) is 23.1. The van der Waals surface area contributed by atoms with Crippen LogP contribution in [0.2, 0.25) is 10.0 Å². The minimum atomic E-state index is -3.82. The normalized spacial score (nSPS) is 17.4. The molecule has 0 radical (unpaired) electrons. The van der Waals surface area contributed by atoms with Crippen molar-refractivity contribution in [3.8, 4) is 5.75 Å². The Morgan fingerprint density at radius 2 is 1.73 bits per heavy atom. The summed E-state index contributed by atoms with van der Waals surface area (Å²) in [4.78, 5) is 19.3. The molecule has 9 nitrogen and oxygen atoms in total. The molecule has 4 aromatic carbocycles. The summed E-state index contributed by atoms with van der Waals surface area (Å²) in [5.74, 6) is -0.273. The number of hydrazine groups is 1. The summed E-state index contributed by atoms with van der Waals surface area (Å²) in [5.41, 5.74) is 6.03. The number of benzene rings is 4. The zero-order chi connectivity index (χ0) is 34.1. The number of sulfone groups is 1. The van der Waals surface area contributed by atoms with Crippen LogP contribution in [0.1, 0.15) is 35.6 Å². The van der Waals surface area contributed by atoms with Gasteiger partial charge in [0.25, 0.3) is 5.91 Å². The summed E-state index contributed by atoms with van der Waals surface area (Å²) in [6.07, 6.45) is -0.216. The van der Waals surface area contributed by atoms with E-state index in [1.165, 1.54) is 18.2 Å². The number of carbonyl (C=O) groups excluding carboxylic acids is 1. The van der Waals surface area contributed by atoms with Crippen molar-refractivity contribution in [2.45, 2.75) is 35.8 Å². The number of aliphatic hydroxyl groups excluding tert-OH is 1. The molecule has 0 aliphatic carbocycles. The van der Waals surface area contributed by atoms with E-state index >= 15 is 0 Å².